The molecule has 32 heavy (non-hydrogen) atoms. The predicted octanol–water partition coefficient (Wildman–Crippen LogP) is 2.71. The fourth-order valence-corrected chi connectivity index (χ4v) is 4.43. The van der Waals surface area contributed by atoms with Crippen molar-refractivity contribution in [3.63, 3.8) is 0 Å². The van der Waals surface area contributed by atoms with E-state index in [1.807, 2.05) is 54.6 Å². The van der Waals surface area contributed by atoms with Crippen LogP contribution in [0.15, 0.2) is 54.6 Å². The molecule has 0 spiro atoms. The van der Waals surface area contributed by atoms with Crippen molar-refractivity contribution in [2.24, 2.45) is 0 Å². The molecule has 170 valence electrons. The minimum atomic E-state index is -0.550. The highest BCUT2D eigenvalue weighted by Gasteiger charge is 2.33. The van der Waals surface area contributed by atoms with Crippen LogP contribution < -0.4 is 15.4 Å². The van der Waals surface area contributed by atoms with E-state index < -0.39 is 12.1 Å². The maximum atomic E-state index is 12.6. The highest BCUT2D eigenvalue weighted by molar-refractivity contribution is 5.97. The van der Waals surface area contributed by atoms with E-state index in [0.717, 1.165) is 29.8 Å². The number of benzene rings is 2. The van der Waals surface area contributed by atoms with Crippen LogP contribution in [0.5, 0.6) is 5.75 Å². The van der Waals surface area contributed by atoms with Crippen molar-refractivity contribution in [2.45, 2.75) is 50.6 Å². The van der Waals surface area contributed by atoms with Gasteiger partial charge >= 0.3 is 0 Å². The predicted molar refractivity (Wildman–Crippen MR) is 125 cm³/mol. The Morgan fingerprint density at radius 3 is 2.00 bits per heavy atom. The first-order valence-corrected chi connectivity index (χ1v) is 11.8. The number of hydrogen-bond donors (Lipinski definition) is 2. The van der Waals surface area contributed by atoms with Gasteiger partial charge in [-0.2, -0.15) is 0 Å². The first-order chi connectivity index (χ1) is 15.7. The third kappa shape index (κ3) is 6.33. The van der Waals surface area contributed by atoms with Gasteiger partial charge < -0.3 is 20.3 Å². The molecular formula is C26H33N3O3. The first kappa shape index (κ1) is 22.3. The maximum Gasteiger partial charge on any atom is 0.243 e. The quantitative estimate of drug-likeness (QED) is 0.594. The lowest BCUT2D eigenvalue weighted by Gasteiger charge is -2.29. The third-order valence-corrected chi connectivity index (χ3v) is 6.25. The van der Waals surface area contributed by atoms with E-state index in [2.05, 4.69) is 15.5 Å². The van der Waals surface area contributed by atoms with Gasteiger partial charge in [0.15, 0.2) is 0 Å². The van der Waals surface area contributed by atoms with Crippen molar-refractivity contribution >= 4 is 11.8 Å². The molecule has 2 fully saturated rings. The van der Waals surface area contributed by atoms with E-state index >= 15 is 0 Å². The monoisotopic (exact) mass is 435 g/mol. The Kier molecular flexibility index (Phi) is 7.77. The Labute approximate surface area is 190 Å². The van der Waals surface area contributed by atoms with Crippen LogP contribution in [0.3, 0.4) is 0 Å². The number of ether oxygens (including phenoxy) is 1. The highest BCUT2D eigenvalue weighted by Crippen LogP contribution is 2.16. The second-order valence-electron chi connectivity index (χ2n) is 8.76. The molecule has 2 amide bonds. The standard InChI is InChI=1S/C26H33N3O3/c30-25-23(18-20-8-3-1-4-9-20)27-26(31)24(28-25)19-21-10-12-22(13-11-21)32-17-7-16-29-14-5-2-6-15-29/h1,3-4,8-13,23-24H,2,5-7,14-19H2,(H,27,31)(H,28,30)/t23-,24-/m0/s1. The number of carbonyl (C=O) groups excluding carboxylic acids is 2. The molecule has 0 bridgehead atoms. The summed E-state index contributed by atoms with van der Waals surface area (Å²) in [5.41, 5.74) is 2.02. The fourth-order valence-electron chi connectivity index (χ4n) is 4.43. The van der Waals surface area contributed by atoms with Crippen molar-refractivity contribution in [1.29, 1.82) is 0 Å². The number of piperazine rings is 1. The molecule has 2 aromatic rings. The Balaban J connectivity index is 1.21. The lowest BCUT2D eigenvalue weighted by atomic mass is 9.98. The van der Waals surface area contributed by atoms with E-state index in [1.165, 1.54) is 32.4 Å². The smallest absolute Gasteiger partial charge is 0.243 e. The zero-order valence-electron chi connectivity index (χ0n) is 18.6. The summed E-state index contributed by atoms with van der Waals surface area (Å²) in [6, 6.07) is 16.5. The average molecular weight is 436 g/mol. The first-order valence-electron chi connectivity index (χ1n) is 11.8. The van der Waals surface area contributed by atoms with Gasteiger partial charge in [0.05, 0.1) is 6.61 Å². The van der Waals surface area contributed by atoms with Gasteiger partial charge in [-0.25, -0.2) is 0 Å². The summed E-state index contributed by atoms with van der Waals surface area (Å²) in [6.07, 6.45) is 5.98. The molecule has 2 aliphatic heterocycles. The number of hydrogen-bond acceptors (Lipinski definition) is 4. The van der Waals surface area contributed by atoms with Crippen LogP contribution in [-0.2, 0) is 22.4 Å². The normalized spacial score (nSPS) is 21.6. The van der Waals surface area contributed by atoms with E-state index in [4.69, 9.17) is 4.74 Å². The molecule has 2 N–H and O–H groups in total. The van der Waals surface area contributed by atoms with Crippen molar-refractivity contribution in [2.75, 3.05) is 26.2 Å². The van der Waals surface area contributed by atoms with Crippen LogP contribution in [0.25, 0.3) is 0 Å². The third-order valence-electron chi connectivity index (χ3n) is 6.25. The molecule has 0 radical (unpaired) electrons. The number of amides is 2. The SMILES string of the molecule is O=C1N[C@@H](Cc2ccc(OCCCN3CCCCC3)cc2)C(=O)N[C@H]1Cc1ccccc1. The van der Waals surface area contributed by atoms with Gasteiger partial charge in [-0.3, -0.25) is 9.59 Å². The lowest BCUT2D eigenvalue weighted by molar-refractivity contribution is -0.136. The lowest BCUT2D eigenvalue weighted by Crippen LogP contribution is -2.62. The molecule has 2 atom stereocenters. The summed E-state index contributed by atoms with van der Waals surface area (Å²) in [5.74, 6) is 0.572. The van der Waals surface area contributed by atoms with Crippen LogP contribution in [0.4, 0.5) is 0 Å². The molecule has 4 rings (SSSR count). The summed E-state index contributed by atoms with van der Waals surface area (Å²) < 4.78 is 5.88. The Morgan fingerprint density at radius 1 is 0.781 bits per heavy atom. The molecule has 2 aromatic carbocycles. The van der Waals surface area contributed by atoms with Gasteiger partial charge in [0.25, 0.3) is 0 Å². The minimum Gasteiger partial charge on any atom is -0.494 e. The fraction of sp³-hybridized carbons (Fsp3) is 0.462. The van der Waals surface area contributed by atoms with Crippen LogP contribution in [-0.4, -0.2) is 55.0 Å². The van der Waals surface area contributed by atoms with E-state index in [9.17, 15) is 9.59 Å². The summed E-state index contributed by atoms with van der Waals surface area (Å²) >= 11 is 0. The zero-order valence-corrected chi connectivity index (χ0v) is 18.6. The molecule has 0 aliphatic carbocycles. The Morgan fingerprint density at radius 2 is 1.38 bits per heavy atom. The summed E-state index contributed by atoms with van der Waals surface area (Å²) in [4.78, 5) is 27.6. The molecular weight excluding hydrogens is 402 g/mol. The molecule has 2 aliphatic rings. The van der Waals surface area contributed by atoms with Gasteiger partial charge in [0, 0.05) is 19.4 Å². The second-order valence-corrected chi connectivity index (χ2v) is 8.76. The van der Waals surface area contributed by atoms with E-state index in [1.54, 1.807) is 0 Å². The molecule has 0 unspecified atom stereocenters. The van der Waals surface area contributed by atoms with Crippen molar-refractivity contribution in [3.05, 3.63) is 65.7 Å². The number of likely N-dealkylation sites (tertiary alicyclic amines) is 1. The van der Waals surface area contributed by atoms with Gasteiger partial charge in [-0.1, -0.05) is 48.9 Å². The highest BCUT2D eigenvalue weighted by atomic mass is 16.5. The van der Waals surface area contributed by atoms with Crippen molar-refractivity contribution < 1.29 is 14.3 Å². The Hall–Kier alpha value is -2.86. The summed E-state index contributed by atoms with van der Waals surface area (Å²) in [7, 11) is 0. The van der Waals surface area contributed by atoms with Crippen LogP contribution >= 0.6 is 0 Å². The molecule has 0 saturated carbocycles. The topological polar surface area (TPSA) is 70.7 Å². The van der Waals surface area contributed by atoms with Gasteiger partial charge in [-0.15, -0.1) is 0 Å². The van der Waals surface area contributed by atoms with Gasteiger partial charge in [-0.05, 0) is 55.6 Å². The van der Waals surface area contributed by atoms with Gasteiger partial charge in [0.1, 0.15) is 17.8 Å². The van der Waals surface area contributed by atoms with Crippen molar-refractivity contribution in [1.82, 2.24) is 15.5 Å². The van der Waals surface area contributed by atoms with Crippen LogP contribution in [0.2, 0.25) is 0 Å². The van der Waals surface area contributed by atoms with Crippen molar-refractivity contribution in [3.8, 4) is 5.75 Å². The molecule has 6 nitrogen and oxygen atoms in total. The summed E-state index contributed by atoms with van der Waals surface area (Å²) in [6.45, 7) is 4.24. The van der Waals surface area contributed by atoms with Crippen LogP contribution in [0, 0.1) is 0 Å². The second kappa shape index (κ2) is 11.1. The van der Waals surface area contributed by atoms with Gasteiger partial charge in [0.2, 0.25) is 11.8 Å². The number of carbonyl (C=O) groups is 2. The largest absolute Gasteiger partial charge is 0.494 e. The summed E-state index contributed by atoms with van der Waals surface area (Å²) in [5, 5.41) is 5.76. The Bertz CT molecular complexity index is 879. The molecule has 0 aromatic heterocycles. The number of nitrogens with one attached hydrogen (secondary N) is 2. The average Bonchev–Trinajstić information content (AvgIpc) is 2.82. The molecule has 2 heterocycles. The van der Waals surface area contributed by atoms with Crippen LogP contribution in [0.1, 0.15) is 36.8 Å². The zero-order chi connectivity index (χ0) is 22.2. The van der Waals surface area contributed by atoms with E-state index in [0.29, 0.717) is 19.4 Å². The molecule has 6 heteroatoms. The number of piperidine rings is 1. The number of nitrogens with zero attached hydrogens (tertiary/aromatic N) is 1. The maximum absolute atomic E-state index is 12.6. The molecule has 2 saturated heterocycles. The van der Waals surface area contributed by atoms with E-state index in [-0.39, 0.29) is 11.8 Å². The number of rotatable bonds is 9. The minimum absolute atomic E-state index is 0.132.